The van der Waals surface area contributed by atoms with Crippen molar-refractivity contribution in [1.82, 2.24) is 5.32 Å². The van der Waals surface area contributed by atoms with Gasteiger partial charge in [0.25, 0.3) is 0 Å². The Balaban J connectivity index is 2.43. The lowest BCUT2D eigenvalue weighted by Gasteiger charge is -2.16. The van der Waals surface area contributed by atoms with Crippen LogP contribution in [-0.2, 0) is 4.74 Å². The average molecular weight is 213 g/mol. The molecule has 2 nitrogen and oxygen atoms in total. The van der Waals surface area contributed by atoms with Crippen LogP contribution in [0.3, 0.4) is 0 Å². The van der Waals surface area contributed by atoms with E-state index in [4.69, 9.17) is 4.74 Å². The Hall–Kier alpha value is -0.380. The highest BCUT2D eigenvalue weighted by Gasteiger charge is 2.10. The number of methoxy groups -OCH3 is 1. The maximum Gasteiger partial charge on any atom is 0.0667 e. The molecule has 0 aliphatic rings. The molecule has 0 aliphatic heterocycles. The van der Waals surface area contributed by atoms with Gasteiger partial charge in [-0.3, -0.25) is 0 Å². The topological polar surface area (TPSA) is 21.3 Å². The summed E-state index contributed by atoms with van der Waals surface area (Å²) in [7, 11) is 1.74. The lowest BCUT2D eigenvalue weighted by atomic mass is 10.2. The van der Waals surface area contributed by atoms with E-state index in [1.807, 2.05) is 11.3 Å². The maximum absolute atomic E-state index is 5.19. The van der Waals surface area contributed by atoms with Gasteiger partial charge in [0.1, 0.15) is 0 Å². The molecule has 1 rings (SSSR count). The van der Waals surface area contributed by atoms with Crippen LogP contribution in [0, 0.1) is 6.92 Å². The molecule has 0 amide bonds. The van der Waals surface area contributed by atoms with E-state index in [-0.39, 0.29) is 6.10 Å². The smallest absolute Gasteiger partial charge is 0.0667 e. The molecule has 0 spiro atoms. The molecular formula is C11H19NOS. The molecule has 1 aromatic rings. The first-order chi connectivity index (χ1) is 6.65. The Morgan fingerprint density at radius 2 is 2.21 bits per heavy atom. The molecule has 0 fully saturated rings. The average Bonchev–Trinajstić information content (AvgIpc) is 2.60. The van der Waals surface area contributed by atoms with Gasteiger partial charge < -0.3 is 10.1 Å². The van der Waals surface area contributed by atoms with E-state index < -0.39 is 0 Å². The SMILES string of the molecule is COC(C)CNC(C)c1sccc1C. The minimum absolute atomic E-state index is 0.276. The third-order valence-corrected chi connectivity index (χ3v) is 3.61. The van der Waals surface area contributed by atoms with Crippen LogP contribution in [0.1, 0.15) is 30.3 Å². The summed E-state index contributed by atoms with van der Waals surface area (Å²) >= 11 is 1.81. The first-order valence-corrected chi connectivity index (χ1v) is 5.83. The van der Waals surface area contributed by atoms with Gasteiger partial charge in [-0.25, -0.2) is 0 Å². The fourth-order valence-corrected chi connectivity index (χ4v) is 2.31. The van der Waals surface area contributed by atoms with Crippen molar-refractivity contribution >= 4 is 11.3 Å². The van der Waals surface area contributed by atoms with Gasteiger partial charge >= 0.3 is 0 Å². The normalized spacial score (nSPS) is 15.4. The zero-order valence-corrected chi connectivity index (χ0v) is 10.1. The van der Waals surface area contributed by atoms with Crippen LogP contribution in [0.4, 0.5) is 0 Å². The fraction of sp³-hybridized carbons (Fsp3) is 0.636. The summed E-state index contributed by atoms with van der Waals surface area (Å²) in [4.78, 5) is 1.42. The third kappa shape index (κ3) is 3.08. The van der Waals surface area contributed by atoms with Gasteiger partial charge in [0, 0.05) is 24.6 Å². The molecular weight excluding hydrogens is 194 g/mol. The van der Waals surface area contributed by atoms with Gasteiger partial charge in [0.15, 0.2) is 0 Å². The molecule has 3 heteroatoms. The molecule has 1 N–H and O–H groups in total. The standard InChI is InChI=1S/C11H19NOS/c1-8-5-6-14-11(8)10(3)12-7-9(2)13-4/h5-6,9-10,12H,7H2,1-4H3. The maximum atomic E-state index is 5.19. The molecule has 2 unspecified atom stereocenters. The zero-order valence-electron chi connectivity index (χ0n) is 9.33. The molecule has 0 bridgehead atoms. The number of hydrogen-bond donors (Lipinski definition) is 1. The summed E-state index contributed by atoms with van der Waals surface area (Å²) in [6, 6.07) is 2.59. The Kier molecular flexibility index (Phi) is 4.58. The summed E-state index contributed by atoms with van der Waals surface area (Å²) in [5, 5.41) is 5.60. The number of ether oxygens (including phenoxy) is 1. The Morgan fingerprint density at radius 1 is 1.50 bits per heavy atom. The monoisotopic (exact) mass is 213 g/mol. The first kappa shape index (κ1) is 11.7. The first-order valence-electron chi connectivity index (χ1n) is 4.95. The van der Waals surface area contributed by atoms with Gasteiger partial charge in [-0.15, -0.1) is 11.3 Å². The van der Waals surface area contributed by atoms with Crippen LogP contribution < -0.4 is 5.32 Å². The zero-order chi connectivity index (χ0) is 10.6. The largest absolute Gasteiger partial charge is 0.380 e. The summed E-state index contributed by atoms with van der Waals surface area (Å²) < 4.78 is 5.19. The number of nitrogens with one attached hydrogen (secondary N) is 1. The van der Waals surface area contributed by atoms with Gasteiger partial charge in [-0.1, -0.05) is 0 Å². The summed E-state index contributed by atoms with van der Waals surface area (Å²) in [6.07, 6.45) is 0.276. The number of rotatable bonds is 5. The fourth-order valence-electron chi connectivity index (χ4n) is 1.35. The van der Waals surface area contributed by atoms with Crippen LogP contribution in [0.15, 0.2) is 11.4 Å². The van der Waals surface area contributed by atoms with Gasteiger partial charge in [0.2, 0.25) is 0 Å². The van der Waals surface area contributed by atoms with Crippen LogP contribution >= 0.6 is 11.3 Å². The molecule has 0 aromatic carbocycles. The van der Waals surface area contributed by atoms with Crippen molar-refractivity contribution in [2.24, 2.45) is 0 Å². The summed E-state index contributed by atoms with van der Waals surface area (Å²) in [5.41, 5.74) is 1.38. The van der Waals surface area contributed by atoms with E-state index in [0.29, 0.717) is 6.04 Å². The van der Waals surface area contributed by atoms with Crippen molar-refractivity contribution < 1.29 is 4.74 Å². The summed E-state index contributed by atoms with van der Waals surface area (Å²) in [6.45, 7) is 7.32. The van der Waals surface area contributed by atoms with Gasteiger partial charge in [0.05, 0.1) is 6.10 Å². The second kappa shape index (κ2) is 5.49. The molecule has 0 radical (unpaired) electrons. The number of aryl methyl sites for hydroxylation is 1. The van der Waals surface area contributed by atoms with E-state index >= 15 is 0 Å². The van der Waals surface area contributed by atoms with Crippen LogP contribution in [0.25, 0.3) is 0 Å². The molecule has 0 aliphatic carbocycles. The van der Waals surface area contributed by atoms with Crippen molar-refractivity contribution in [3.63, 3.8) is 0 Å². The Morgan fingerprint density at radius 3 is 2.71 bits per heavy atom. The van der Waals surface area contributed by atoms with E-state index in [1.165, 1.54) is 10.4 Å². The molecule has 2 atom stereocenters. The predicted octanol–water partition coefficient (Wildman–Crippen LogP) is 2.74. The molecule has 1 heterocycles. The highest BCUT2D eigenvalue weighted by molar-refractivity contribution is 7.10. The van der Waals surface area contributed by atoms with Gasteiger partial charge in [-0.2, -0.15) is 0 Å². The van der Waals surface area contributed by atoms with Crippen LogP contribution in [-0.4, -0.2) is 19.8 Å². The quantitative estimate of drug-likeness (QED) is 0.812. The Bertz CT molecular complexity index is 272. The Labute approximate surface area is 90.3 Å². The number of hydrogen-bond acceptors (Lipinski definition) is 3. The second-order valence-corrected chi connectivity index (χ2v) is 4.59. The van der Waals surface area contributed by atoms with E-state index in [2.05, 4.69) is 37.5 Å². The second-order valence-electron chi connectivity index (χ2n) is 3.64. The minimum Gasteiger partial charge on any atom is -0.380 e. The summed E-state index contributed by atoms with van der Waals surface area (Å²) in [5.74, 6) is 0. The lowest BCUT2D eigenvalue weighted by molar-refractivity contribution is 0.115. The van der Waals surface area contributed by atoms with Crippen molar-refractivity contribution in [2.45, 2.75) is 32.9 Å². The molecule has 14 heavy (non-hydrogen) atoms. The minimum atomic E-state index is 0.276. The van der Waals surface area contributed by atoms with Crippen LogP contribution in [0.2, 0.25) is 0 Å². The van der Waals surface area contributed by atoms with E-state index in [0.717, 1.165) is 6.54 Å². The van der Waals surface area contributed by atoms with Crippen LogP contribution in [0.5, 0.6) is 0 Å². The van der Waals surface area contributed by atoms with Crippen molar-refractivity contribution in [3.05, 3.63) is 21.9 Å². The predicted molar refractivity (Wildman–Crippen MR) is 61.9 cm³/mol. The number of thiophene rings is 1. The highest BCUT2D eigenvalue weighted by Crippen LogP contribution is 2.23. The molecule has 80 valence electrons. The van der Waals surface area contributed by atoms with E-state index in [9.17, 15) is 0 Å². The van der Waals surface area contributed by atoms with E-state index in [1.54, 1.807) is 7.11 Å². The van der Waals surface area contributed by atoms with Gasteiger partial charge in [-0.05, 0) is 37.8 Å². The van der Waals surface area contributed by atoms with Crippen molar-refractivity contribution in [1.29, 1.82) is 0 Å². The van der Waals surface area contributed by atoms with Crippen molar-refractivity contribution in [2.75, 3.05) is 13.7 Å². The highest BCUT2D eigenvalue weighted by atomic mass is 32.1. The van der Waals surface area contributed by atoms with Crippen molar-refractivity contribution in [3.8, 4) is 0 Å². The third-order valence-electron chi connectivity index (χ3n) is 2.41. The molecule has 0 saturated heterocycles. The molecule has 1 aromatic heterocycles. The lowest BCUT2D eigenvalue weighted by Crippen LogP contribution is -2.28. The molecule has 0 saturated carbocycles.